The van der Waals surface area contributed by atoms with Crippen LogP contribution < -0.4 is 5.73 Å². The molecule has 0 bridgehead atoms. The van der Waals surface area contributed by atoms with E-state index in [4.69, 9.17) is 5.73 Å². The SMILES string of the molecule is CC(N(C)C(=O)C1CCCC1N)C(C)(C)C. The predicted octanol–water partition coefficient (Wildman–Crippen LogP) is 2.01. The Morgan fingerprint density at radius 3 is 2.31 bits per heavy atom. The molecule has 0 radical (unpaired) electrons. The lowest BCUT2D eigenvalue weighted by molar-refractivity contribution is -0.138. The van der Waals surface area contributed by atoms with Gasteiger partial charge in [0, 0.05) is 19.1 Å². The van der Waals surface area contributed by atoms with Crippen LogP contribution in [0.25, 0.3) is 0 Å². The second kappa shape index (κ2) is 4.74. The third-order valence-electron chi connectivity index (χ3n) is 4.07. The van der Waals surface area contributed by atoms with Gasteiger partial charge in [0.15, 0.2) is 0 Å². The Bertz CT molecular complexity index is 257. The topological polar surface area (TPSA) is 46.3 Å². The Labute approximate surface area is 99.4 Å². The van der Waals surface area contributed by atoms with Gasteiger partial charge in [0.05, 0.1) is 5.92 Å². The number of carbonyl (C=O) groups excluding carboxylic acids is 1. The van der Waals surface area contributed by atoms with E-state index >= 15 is 0 Å². The van der Waals surface area contributed by atoms with Gasteiger partial charge in [-0.15, -0.1) is 0 Å². The highest BCUT2D eigenvalue weighted by molar-refractivity contribution is 5.80. The summed E-state index contributed by atoms with van der Waals surface area (Å²) in [7, 11) is 1.91. The van der Waals surface area contributed by atoms with E-state index in [0.717, 1.165) is 19.3 Å². The van der Waals surface area contributed by atoms with Crippen LogP contribution in [0.4, 0.5) is 0 Å². The van der Waals surface area contributed by atoms with Gasteiger partial charge < -0.3 is 10.6 Å². The number of carbonyl (C=O) groups is 1. The van der Waals surface area contributed by atoms with Crippen LogP contribution in [0, 0.1) is 11.3 Å². The molecule has 94 valence electrons. The first-order valence-corrected chi connectivity index (χ1v) is 6.27. The van der Waals surface area contributed by atoms with Crippen LogP contribution in [-0.2, 0) is 4.79 Å². The first-order chi connectivity index (χ1) is 7.25. The van der Waals surface area contributed by atoms with Crippen molar-refractivity contribution in [2.45, 2.75) is 59.0 Å². The molecule has 1 rings (SSSR count). The smallest absolute Gasteiger partial charge is 0.227 e. The van der Waals surface area contributed by atoms with Crippen LogP contribution in [-0.4, -0.2) is 29.9 Å². The van der Waals surface area contributed by atoms with Crippen molar-refractivity contribution in [2.75, 3.05) is 7.05 Å². The minimum Gasteiger partial charge on any atom is -0.342 e. The quantitative estimate of drug-likeness (QED) is 0.783. The van der Waals surface area contributed by atoms with Crippen LogP contribution in [0.3, 0.4) is 0 Å². The Balaban J connectivity index is 2.67. The lowest BCUT2D eigenvalue weighted by Crippen LogP contribution is -2.48. The van der Waals surface area contributed by atoms with E-state index in [1.54, 1.807) is 0 Å². The van der Waals surface area contributed by atoms with E-state index in [0.29, 0.717) is 0 Å². The maximum absolute atomic E-state index is 12.3. The molecule has 16 heavy (non-hydrogen) atoms. The summed E-state index contributed by atoms with van der Waals surface area (Å²) >= 11 is 0. The van der Waals surface area contributed by atoms with E-state index in [-0.39, 0.29) is 29.3 Å². The molecule has 0 spiro atoms. The molecule has 3 unspecified atom stereocenters. The fraction of sp³-hybridized carbons (Fsp3) is 0.923. The number of nitrogens with two attached hydrogens (primary N) is 1. The van der Waals surface area contributed by atoms with Gasteiger partial charge in [-0.25, -0.2) is 0 Å². The molecule has 3 heteroatoms. The molecule has 0 saturated heterocycles. The summed E-state index contributed by atoms with van der Waals surface area (Å²) in [5.74, 6) is 0.280. The Hall–Kier alpha value is -0.570. The monoisotopic (exact) mass is 226 g/mol. The maximum atomic E-state index is 12.3. The van der Waals surface area contributed by atoms with E-state index < -0.39 is 0 Å². The van der Waals surface area contributed by atoms with Crippen molar-refractivity contribution in [2.24, 2.45) is 17.1 Å². The van der Waals surface area contributed by atoms with Crippen molar-refractivity contribution < 1.29 is 4.79 Å². The van der Waals surface area contributed by atoms with Gasteiger partial charge in [-0.2, -0.15) is 0 Å². The molecule has 3 nitrogen and oxygen atoms in total. The van der Waals surface area contributed by atoms with E-state index in [1.807, 2.05) is 11.9 Å². The van der Waals surface area contributed by atoms with Gasteiger partial charge in [-0.3, -0.25) is 4.79 Å². The van der Waals surface area contributed by atoms with Gasteiger partial charge in [-0.1, -0.05) is 27.2 Å². The second-order valence-electron chi connectivity index (χ2n) is 6.19. The average Bonchev–Trinajstić information content (AvgIpc) is 2.59. The molecular weight excluding hydrogens is 200 g/mol. The van der Waals surface area contributed by atoms with Gasteiger partial charge in [0.2, 0.25) is 5.91 Å². The highest BCUT2D eigenvalue weighted by Crippen LogP contribution is 2.29. The molecule has 0 heterocycles. The summed E-state index contributed by atoms with van der Waals surface area (Å²) in [6.07, 6.45) is 3.05. The third kappa shape index (κ3) is 2.76. The summed E-state index contributed by atoms with van der Waals surface area (Å²) in [5.41, 5.74) is 6.10. The van der Waals surface area contributed by atoms with Crippen molar-refractivity contribution >= 4 is 5.91 Å². The van der Waals surface area contributed by atoms with Crippen molar-refractivity contribution in [3.05, 3.63) is 0 Å². The van der Waals surface area contributed by atoms with Crippen LogP contribution in [0.2, 0.25) is 0 Å². The number of hydrogen-bond acceptors (Lipinski definition) is 2. The van der Waals surface area contributed by atoms with Crippen LogP contribution in [0.5, 0.6) is 0 Å². The predicted molar refractivity (Wildman–Crippen MR) is 67.0 cm³/mol. The van der Waals surface area contributed by atoms with E-state index in [1.165, 1.54) is 0 Å². The summed E-state index contributed by atoms with van der Waals surface area (Å²) in [6.45, 7) is 8.60. The Morgan fingerprint density at radius 1 is 1.38 bits per heavy atom. The maximum Gasteiger partial charge on any atom is 0.227 e. The molecule has 0 aromatic rings. The normalized spacial score (nSPS) is 27.9. The molecule has 0 aliphatic heterocycles. The average molecular weight is 226 g/mol. The first kappa shape index (κ1) is 13.5. The molecule has 1 aliphatic rings. The minimum absolute atomic E-state index is 0.0507. The lowest BCUT2D eigenvalue weighted by atomic mass is 9.86. The Morgan fingerprint density at radius 2 is 1.94 bits per heavy atom. The fourth-order valence-electron chi connectivity index (χ4n) is 2.33. The van der Waals surface area contributed by atoms with Crippen LogP contribution in [0.1, 0.15) is 47.0 Å². The minimum atomic E-state index is 0.0507. The lowest BCUT2D eigenvalue weighted by Gasteiger charge is -2.37. The van der Waals surface area contributed by atoms with Gasteiger partial charge in [0.25, 0.3) is 0 Å². The first-order valence-electron chi connectivity index (χ1n) is 6.27. The summed E-state index contributed by atoms with van der Waals surface area (Å²) in [5, 5.41) is 0. The third-order valence-corrected chi connectivity index (χ3v) is 4.07. The molecule has 3 atom stereocenters. The highest BCUT2D eigenvalue weighted by Gasteiger charge is 2.35. The molecule has 1 aliphatic carbocycles. The molecule has 1 amide bonds. The van der Waals surface area contributed by atoms with Crippen molar-refractivity contribution in [1.29, 1.82) is 0 Å². The standard InChI is InChI=1S/C13H26N2O/c1-9(13(2,3)4)15(5)12(16)10-7-6-8-11(10)14/h9-11H,6-8,14H2,1-5H3. The number of rotatable bonds is 2. The van der Waals surface area contributed by atoms with Gasteiger partial charge in [-0.05, 0) is 25.2 Å². The van der Waals surface area contributed by atoms with Crippen LogP contribution >= 0.6 is 0 Å². The van der Waals surface area contributed by atoms with Crippen molar-refractivity contribution in [1.82, 2.24) is 4.90 Å². The molecule has 2 N–H and O–H groups in total. The fourth-order valence-corrected chi connectivity index (χ4v) is 2.33. The summed E-state index contributed by atoms with van der Waals surface area (Å²) in [4.78, 5) is 14.2. The van der Waals surface area contributed by atoms with E-state index in [2.05, 4.69) is 27.7 Å². The van der Waals surface area contributed by atoms with Crippen LogP contribution in [0.15, 0.2) is 0 Å². The zero-order valence-corrected chi connectivity index (χ0v) is 11.3. The summed E-state index contributed by atoms with van der Waals surface area (Å²) < 4.78 is 0. The number of nitrogens with zero attached hydrogens (tertiary/aromatic N) is 1. The largest absolute Gasteiger partial charge is 0.342 e. The molecular formula is C13H26N2O. The van der Waals surface area contributed by atoms with Gasteiger partial charge >= 0.3 is 0 Å². The zero-order chi connectivity index (χ0) is 12.5. The zero-order valence-electron chi connectivity index (χ0n) is 11.3. The van der Waals surface area contributed by atoms with E-state index in [9.17, 15) is 4.79 Å². The molecule has 0 aromatic heterocycles. The highest BCUT2D eigenvalue weighted by atomic mass is 16.2. The molecule has 0 aromatic carbocycles. The van der Waals surface area contributed by atoms with Crippen molar-refractivity contribution in [3.63, 3.8) is 0 Å². The van der Waals surface area contributed by atoms with Gasteiger partial charge in [0.1, 0.15) is 0 Å². The Kier molecular flexibility index (Phi) is 4.00. The number of amides is 1. The number of hydrogen-bond donors (Lipinski definition) is 1. The molecule has 1 saturated carbocycles. The molecule has 1 fully saturated rings. The second-order valence-corrected chi connectivity index (χ2v) is 6.19. The van der Waals surface area contributed by atoms with Crippen molar-refractivity contribution in [3.8, 4) is 0 Å². The summed E-state index contributed by atoms with van der Waals surface area (Å²) in [6, 6.07) is 0.315.